The van der Waals surface area contributed by atoms with E-state index in [1.807, 2.05) is 6.92 Å². The lowest BCUT2D eigenvalue weighted by atomic mass is 10.1. The third-order valence-corrected chi connectivity index (χ3v) is 4.21. The van der Waals surface area contributed by atoms with Gasteiger partial charge < -0.3 is 10.3 Å². The fourth-order valence-corrected chi connectivity index (χ4v) is 3.05. The summed E-state index contributed by atoms with van der Waals surface area (Å²) in [5.41, 5.74) is 7.41. The molecule has 1 aromatic heterocycles. The Bertz CT molecular complexity index is 663. The van der Waals surface area contributed by atoms with E-state index in [-0.39, 0.29) is 16.4 Å². The van der Waals surface area contributed by atoms with Crippen LogP contribution >= 0.6 is 0 Å². The third-order valence-electron chi connectivity index (χ3n) is 2.65. The van der Waals surface area contributed by atoms with Crippen LogP contribution in [0.5, 0.6) is 0 Å². The van der Waals surface area contributed by atoms with Crippen LogP contribution < -0.4 is 10.5 Å². The molecule has 6 nitrogen and oxygen atoms in total. The second kappa shape index (κ2) is 4.34. The van der Waals surface area contributed by atoms with Crippen molar-refractivity contribution in [3.8, 4) is 0 Å². The molecule has 0 saturated carbocycles. The zero-order chi connectivity index (χ0) is 13.3. The van der Waals surface area contributed by atoms with Gasteiger partial charge in [-0.3, -0.25) is 4.72 Å². The van der Waals surface area contributed by atoms with E-state index in [4.69, 9.17) is 5.73 Å². The van der Waals surface area contributed by atoms with Crippen molar-refractivity contribution in [2.75, 3.05) is 10.5 Å². The lowest BCUT2D eigenvalue weighted by Gasteiger charge is -2.12. The first-order chi connectivity index (χ1) is 8.42. The topological polar surface area (TPSA) is 98.2 Å². The van der Waals surface area contributed by atoms with Gasteiger partial charge in [0.25, 0.3) is 10.0 Å². The average molecular weight is 267 g/mol. The van der Waals surface area contributed by atoms with Crippen molar-refractivity contribution in [3.05, 3.63) is 35.6 Å². The van der Waals surface area contributed by atoms with E-state index in [9.17, 15) is 8.42 Å². The summed E-state index contributed by atoms with van der Waals surface area (Å²) in [5.74, 6) is 0.121. The van der Waals surface area contributed by atoms with Crippen LogP contribution in [0.4, 0.5) is 11.5 Å². The minimum absolute atomic E-state index is 0.0745. The summed E-state index contributed by atoms with van der Waals surface area (Å²) in [4.78, 5) is 0.0745. The number of aryl methyl sites for hydroxylation is 1. The second-order valence-electron chi connectivity index (χ2n) is 3.92. The van der Waals surface area contributed by atoms with Crippen LogP contribution in [0.15, 0.2) is 33.9 Å². The first-order valence-electron chi connectivity index (χ1n) is 5.20. The highest BCUT2D eigenvalue weighted by Crippen LogP contribution is 2.26. The highest BCUT2D eigenvalue weighted by atomic mass is 32.2. The molecule has 0 fully saturated rings. The number of hydrogen-bond donors (Lipinski definition) is 2. The van der Waals surface area contributed by atoms with E-state index in [1.54, 1.807) is 19.1 Å². The van der Waals surface area contributed by atoms with Gasteiger partial charge in [-0.1, -0.05) is 11.2 Å². The summed E-state index contributed by atoms with van der Waals surface area (Å²) in [6.45, 7) is 3.53. The standard InChI is InChI=1S/C11H13N3O3S/c1-7-3-4-9(12)11(8(7)2)18(15,16)14-10-5-6-17-13-10/h3-6H,12H2,1-2H3,(H,13,14). The number of nitrogen functional groups attached to an aromatic ring is 1. The number of anilines is 2. The Balaban J connectivity index is 2.51. The maximum atomic E-state index is 12.2. The number of aromatic nitrogens is 1. The Labute approximate surface area is 105 Å². The summed E-state index contributed by atoms with van der Waals surface area (Å²) >= 11 is 0. The monoisotopic (exact) mass is 267 g/mol. The van der Waals surface area contributed by atoms with Gasteiger partial charge in [0.05, 0.1) is 5.69 Å². The SMILES string of the molecule is Cc1ccc(N)c(S(=O)(=O)Nc2ccon2)c1C. The predicted molar refractivity (Wildman–Crippen MR) is 67.6 cm³/mol. The summed E-state index contributed by atoms with van der Waals surface area (Å²) in [6.07, 6.45) is 1.28. The Morgan fingerprint density at radius 1 is 1.28 bits per heavy atom. The smallest absolute Gasteiger partial charge is 0.265 e. The molecular weight excluding hydrogens is 254 g/mol. The largest absolute Gasteiger partial charge is 0.398 e. The van der Waals surface area contributed by atoms with Crippen LogP contribution in [0.3, 0.4) is 0 Å². The number of hydrogen-bond acceptors (Lipinski definition) is 5. The van der Waals surface area contributed by atoms with Gasteiger partial charge in [0.1, 0.15) is 11.2 Å². The lowest BCUT2D eigenvalue weighted by molar-refractivity contribution is 0.423. The van der Waals surface area contributed by atoms with Crippen LogP contribution in [0.1, 0.15) is 11.1 Å². The molecule has 0 spiro atoms. The van der Waals surface area contributed by atoms with Crippen LogP contribution in [-0.4, -0.2) is 13.6 Å². The van der Waals surface area contributed by atoms with Crippen molar-refractivity contribution in [1.82, 2.24) is 5.16 Å². The quantitative estimate of drug-likeness (QED) is 0.824. The Morgan fingerprint density at radius 2 is 2.00 bits per heavy atom. The third kappa shape index (κ3) is 2.17. The maximum Gasteiger partial charge on any atom is 0.265 e. The molecule has 96 valence electrons. The molecule has 0 aliphatic carbocycles. The molecule has 2 aromatic rings. The summed E-state index contributed by atoms with van der Waals surface area (Å²) in [7, 11) is -3.76. The Hall–Kier alpha value is -2.02. The Morgan fingerprint density at radius 3 is 2.61 bits per heavy atom. The van der Waals surface area contributed by atoms with Gasteiger partial charge >= 0.3 is 0 Å². The van der Waals surface area contributed by atoms with Crippen LogP contribution in [0.25, 0.3) is 0 Å². The van der Waals surface area contributed by atoms with E-state index in [1.165, 1.54) is 12.3 Å². The molecule has 1 heterocycles. The minimum Gasteiger partial charge on any atom is -0.398 e. The van der Waals surface area contributed by atoms with Gasteiger partial charge in [0, 0.05) is 6.07 Å². The summed E-state index contributed by atoms with van der Waals surface area (Å²) in [5, 5.41) is 3.50. The maximum absolute atomic E-state index is 12.2. The van der Waals surface area contributed by atoms with Gasteiger partial charge in [0.15, 0.2) is 5.82 Å². The van der Waals surface area contributed by atoms with Crippen LogP contribution in [0.2, 0.25) is 0 Å². The van der Waals surface area contributed by atoms with Crippen molar-refractivity contribution in [3.63, 3.8) is 0 Å². The number of nitrogens with two attached hydrogens (primary N) is 1. The number of sulfonamides is 1. The van der Waals surface area contributed by atoms with Gasteiger partial charge in [-0.2, -0.15) is 0 Å². The van der Waals surface area contributed by atoms with Crippen LogP contribution in [-0.2, 0) is 10.0 Å². The zero-order valence-corrected chi connectivity index (χ0v) is 10.8. The first-order valence-corrected chi connectivity index (χ1v) is 6.69. The molecule has 0 saturated heterocycles. The summed E-state index contributed by atoms with van der Waals surface area (Å²) in [6, 6.07) is 4.76. The predicted octanol–water partition coefficient (Wildman–Crippen LogP) is 1.67. The number of benzene rings is 1. The van der Waals surface area contributed by atoms with Crippen molar-refractivity contribution in [1.29, 1.82) is 0 Å². The molecule has 3 N–H and O–H groups in total. The van der Waals surface area contributed by atoms with Gasteiger partial charge in [-0.05, 0) is 31.0 Å². The van der Waals surface area contributed by atoms with Crippen molar-refractivity contribution in [2.24, 2.45) is 0 Å². The number of nitrogens with one attached hydrogen (secondary N) is 1. The van der Waals surface area contributed by atoms with Crippen LogP contribution in [0, 0.1) is 13.8 Å². The minimum atomic E-state index is -3.76. The molecule has 0 atom stereocenters. The van der Waals surface area contributed by atoms with E-state index >= 15 is 0 Å². The molecule has 0 bridgehead atoms. The molecule has 2 rings (SSSR count). The zero-order valence-electron chi connectivity index (χ0n) is 9.97. The molecule has 7 heteroatoms. The van der Waals surface area contributed by atoms with E-state index < -0.39 is 10.0 Å². The number of nitrogens with zero attached hydrogens (tertiary/aromatic N) is 1. The fraction of sp³-hybridized carbons (Fsp3) is 0.182. The number of rotatable bonds is 3. The molecule has 0 radical (unpaired) electrons. The molecule has 0 unspecified atom stereocenters. The molecular formula is C11H13N3O3S. The van der Waals surface area contributed by atoms with Crippen molar-refractivity contribution in [2.45, 2.75) is 18.7 Å². The van der Waals surface area contributed by atoms with E-state index in [2.05, 4.69) is 14.4 Å². The van der Waals surface area contributed by atoms with E-state index in [0.29, 0.717) is 5.56 Å². The molecule has 0 aliphatic rings. The van der Waals surface area contributed by atoms with Gasteiger partial charge in [-0.15, -0.1) is 0 Å². The average Bonchev–Trinajstić information content (AvgIpc) is 2.75. The fourth-order valence-electron chi connectivity index (χ4n) is 1.62. The highest BCUT2D eigenvalue weighted by molar-refractivity contribution is 7.93. The first kappa shape index (κ1) is 12.4. The molecule has 0 aliphatic heterocycles. The summed E-state index contributed by atoms with van der Waals surface area (Å²) < 4.78 is 31.3. The van der Waals surface area contributed by atoms with Gasteiger partial charge in [-0.25, -0.2) is 8.42 Å². The van der Waals surface area contributed by atoms with Crippen molar-refractivity contribution < 1.29 is 12.9 Å². The lowest BCUT2D eigenvalue weighted by Crippen LogP contribution is -2.17. The second-order valence-corrected chi connectivity index (χ2v) is 5.54. The molecule has 0 amide bonds. The molecule has 1 aromatic carbocycles. The van der Waals surface area contributed by atoms with Crippen molar-refractivity contribution >= 4 is 21.5 Å². The highest BCUT2D eigenvalue weighted by Gasteiger charge is 2.22. The Kier molecular flexibility index (Phi) is 3.00. The normalized spacial score (nSPS) is 11.4. The van der Waals surface area contributed by atoms with E-state index in [0.717, 1.165) is 5.56 Å². The van der Waals surface area contributed by atoms with Gasteiger partial charge in [0.2, 0.25) is 0 Å². The molecule has 18 heavy (non-hydrogen) atoms.